The number of aliphatic hydroxyl groups excluding tert-OH is 1. The fourth-order valence-corrected chi connectivity index (χ4v) is 2.61. The molecular formula is C24H41NO13. The Kier molecular flexibility index (Phi) is 18.5. The summed E-state index contributed by atoms with van der Waals surface area (Å²) in [5.74, 6) is -3.45. The van der Waals surface area contributed by atoms with Gasteiger partial charge in [0, 0.05) is 27.2 Å². The molecule has 0 fully saturated rings. The Morgan fingerprint density at radius 1 is 0.816 bits per heavy atom. The standard InChI is InChI=1S/C24H41NO13/c1-17(38-21(29)18(2)37-19(3)27)20(28)35-15-24(4,22(30)34-14-13-33-12-11-32-5)16-36-23(31)25-9-7-6-8-10-26/h17-18,26H,6-16H2,1-5H3,(H,25,31)/t17-,18+,24?/m0/s1. The molecule has 0 aromatic rings. The van der Waals surface area contributed by atoms with Crippen molar-refractivity contribution in [2.75, 3.05) is 59.9 Å². The van der Waals surface area contributed by atoms with Gasteiger partial charge in [-0.15, -0.1) is 0 Å². The third kappa shape index (κ3) is 16.0. The molecule has 2 N–H and O–H groups in total. The van der Waals surface area contributed by atoms with Crippen LogP contribution in [0.15, 0.2) is 0 Å². The number of aliphatic hydroxyl groups is 1. The summed E-state index contributed by atoms with van der Waals surface area (Å²) in [5.41, 5.74) is -1.59. The lowest BCUT2D eigenvalue weighted by Gasteiger charge is -2.27. The summed E-state index contributed by atoms with van der Waals surface area (Å²) in [4.78, 5) is 60.2. The summed E-state index contributed by atoms with van der Waals surface area (Å²) in [5, 5.41) is 11.3. The summed E-state index contributed by atoms with van der Waals surface area (Å²) in [6, 6.07) is 0. The summed E-state index contributed by atoms with van der Waals surface area (Å²) in [6.45, 7) is 5.01. The van der Waals surface area contributed by atoms with Crippen LogP contribution in [-0.4, -0.2) is 107 Å². The lowest BCUT2D eigenvalue weighted by Crippen LogP contribution is -2.43. The van der Waals surface area contributed by atoms with E-state index in [2.05, 4.69) is 5.32 Å². The van der Waals surface area contributed by atoms with Crippen molar-refractivity contribution in [1.29, 1.82) is 0 Å². The zero-order valence-corrected chi connectivity index (χ0v) is 22.8. The highest BCUT2D eigenvalue weighted by Crippen LogP contribution is 2.21. The van der Waals surface area contributed by atoms with Crippen molar-refractivity contribution < 1.29 is 62.2 Å². The van der Waals surface area contributed by atoms with E-state index >= 15 is 0 Å². The van der Waals surface area contributed by atoms with Gasteiger partial charge in [0.05, 0.1) is 19.8 Å². The number of hydrogen-bond acceptors (Lipinski definition) is 13. The van der Waals surface area contributed by atoms with Gasteiger partial charge >= 0.3 is 30.0 Å². The molecule has 0 aromatic carbocycles. The average Bonchev–Trinajstić information content (AvgIpc) is 2.87. The van der Waals surface area contributed by atoms with Crippen LogP contribution < -0.4 is 5.32 Å². The number of esters is 4. The van der Waals surface area contributed by atoms with Gasteiger partial charge in [0.1, 0.15) is 25.2 Å². The number of unbranched alkanes of at least 4 members (excludes halogenated alkanes) is 2. The minimum absolute atomic E-state index is 0.0596. The van der Waals surface area contributed by atoms with Crippen LogP contribution >= 0.6 is 0 Å². The maximum Gasteiger partial charge on any atom is 0.407 e. The molecule has 0 saturated heterocycles. The lowest BCUT2D eigenvalue weighted by atomic mass is 9.93. The van der Waals surface area contributed by atoms with E-state index in [4.69, 9.17) is 38.3 Å². The molecule has 0 aromatic heterocycles. The van der Waals surface area contributed by atoms with Gasteiger partial charge < -0.3 is 43.6 Å². The molecule has 0 aliphatic rings. The molecule has 0 aliphatic heterocycles. The molecule has 38 heavy (non-hydrogen) atoms. The van der Waals surface area contributed by atoms with Crippen LogP contribution in [0, 0.1) is 5.41 Å². The van der Waals surface area contributed by atoms with Gasteiger partial charge in [-0.25, -0.2) is 14.4 Å². The number of carbonyl (C=O) groups is 5. The van der Waals surface area contributed by atoms with Gasteiger partial charge in [0.2, 0.25) is 0 Å². The highest BCUT2D eigenvalue weighted by Gasteiger charge is 2.39. The van der Waals surface area contributed by atoms with E-state index < -0.39 is 60.8 Å². The van der Waals surface area contributed by atoms with Gasteiger partial charge in [-0.1, -0.05) is 0 Å². The van der Waals surface area contributed by atoms with E-state index in [1.54, 1.807) is 0 Å². The number of methoxy groups -OCH3 is 1. The quantitative estimate of drug-likeness (QED) is 0.121. The maximum atomic E-state index is 12.8. The lowest BCUT2D eigenvalue weighted by molar-refractivity contribution is -0.180. The first kappa shape index (κ1) is 35.0. The Labute approximate surface area is 222 Å². The Hall–Kier alpha value is -2.97. The molecular weight excluding hydrogens is 510 g/mol. The van der Waals surface area contributed by atoms with E-state index in [0.717, 1.165) is 6.92 Å². The average molecular weight is 552 g/mol. The topological polar surface area (TPSA) is 182 Å². The molecule has 14 heteroatoms. The van der Waals surface area contributed by atoms with Crippen LogP contribution in [0.5, 0.6) is 0 Å². The minimum Gasteiger partial charge on any atom is -0.463 e. The van der Waals surface area contributed by atoms with Gasteiger partial charge in [0.15, 0.2) is 12.2 Å². The maximum absolute atomic E-state index is 12.8. The molecule has 0 saturated carbocycles. The van der Waals surface area contributed by atoms with Gasteiger partial charge in [-0.3, -0.25) is 9.59 Å². The zero-order chi connectivity index (χ0) is 29.0. The van der Waals surface area contributed by atoms with E-state index in [0.29, 0.717) is 39.0 Å². The van der Waals surface area contributed by atoms with Crippen LogP contribution in [0.25, 0.3) is 0 Å². The number of ether oxygens (including phenoxy) is 7. The van der Waals surface area contributed by atoms with Crippen molar-refractivity contribution in [1.82, 2.24) is 5.32 Å². The van der Waals surface area contributed by atoms with E-state index in [9.17, 15) is 24.0 Å². The highest BCUT2D eigenvalue weighted by atomic mass is 16.6. The minimum atomic E-state index is -1.59. The fraction of sp³-hybridized carbons (Fsp3) is 0.792. The Balaban J connectivity index is 5.00. The molecule has 1 amide bonds. The van der Waals surface area contributed by atoms with Crippen LogP contribution in [0.3, 0.4) is 0 Å². The Bertz CT molecular complexity index is 745. The predicted octanol–water partition coefficient (Wildman–Crippen LogP) is 0.514. The van der Waals surface area contributed by atoms with Gasteiger partial charge in [0.25, 0.3) is 0 Å². The molecule has 0 radical (unpaired) electrons. The largest absolute Gasteiger partial charge is 0.463 e. The van der Waals surface area contributed by atoms with Crippen molar-refractivity contribution >= 4 is 30.0 Å². The monoisotopic (exact) mass is 551 g/mol. The molecule has 3 atom stereocenters. The zero-order valence-electron chi connectivity index (χ0n) is 22.8. The molecule has 0 spiro atoms. The summed E-state index contributed by atoms with van der Waals surface area (Å²) < 4.78 is 35.2. The van der Waals surface area contributed by atoms with Crippen molar-refractivity contribution in [3.63, 3.8) is 0 Å². The third-order valence-electron chi connectivity index (χ3n) is 4.84. The number of alkyl carbamates (subject to hydrolysis) is 1. The summed E-state index contributed by atoms with van der Waals surface area (Å²) >= 11 is 0. The number of hydrogen-bond donors (Lipinski definition) is 2. The molecule has 0 bridgehead atoms. The molecule has 0 aliphatic carbocycles. The van der Waals surface area contributed by atoms with Crippen molar-refractivity contribution in [3.8, 4) is 0 Å². The van der Waals surface area contributed by atoms with E-state index in [1.807, 2.05) is 0 Å². The van der Waals surface area contributed by atoms with Gasteiger partial charge in [-0.05, 0) is 40.0 Å². The number of nitrogens with one attached hydrogen (secondary N) is 1. The molecule has 0 heterocycles. The smallest absolute Gasteiger partial charge is 0.407 e. The first-order valence-corrected chi connectivity index (χ1v) is 12.3. The second-order valence-corrected chi connectivity index (χ2v) is 8.53. The molecule has 14 nitrogen and oxygen atoms in total. The first-order chi connectivity index (χ1) is 18.0. The summed E-state index contributed by atoms with van der Waals surface area (Å²) in [6.07, 6.45) is -1.45. The molecule has 0 rings (SSSR count). The normalized spacial score (nSPS) is 13.8. The Morgan fingerprint density at radius 2 is 1.45 bits per heavy atom. The predicted molar refractivity (Wildman–Crippen MR) is 130 cm³/mol. The fourth-order valence-electron chi connectivity index (χ4n) is 2.61. The Morgan fingerprint density at radius 3 is 2.08 bits per heavy atom. The summed E-state index contributed by atoms with van der Waals surface area (Å²) in [7, 11) is 1.52. The van der Waals surface area contributed by atoms with Crippen molar-refractivity contribution in [3.05, 3.63) is 0 Å². The SMILES string of the molecule is COCCOCCOC(=O)C(C)(COC(=O)NCCCCCO)COC(=O)[C@H](C)OC(=O)[C@@H](C)OC(C)=O. The van der Waals surface area contributed by atoms with Crippen LogP contribution in [0.1, 0.15) is 47.0 Å². The third-order valence-corrected chi connectivity index (χ3v) is 4.84. The van der Waals surface area contributed by atoms with Gasteiger partial charge in [-0.2, -0.15) is 0 Å². The number of rotatable bonds is 20. The van der Waals surface area contributed by atoms with Crippen molar-refractivity contribution in [2.45, 2.75) is 59.2 Å². The number of carbonyl (C=O) groups excluding carboxylic acids is 5. The number of amides is 1. The van der Waals surface area contributed by atoms with Crippen LogP contribution in [-0.2, 0) is 52.3 Å². The van der Waals surface area contributed by atoms with E-state index in [-0.39, 0.29) is 19.8 Å². The first-order valence-electron chi connectivity index (χ1n) is 12.3. The highest BCUT2D eigenvalue weighted by molar-refractivity contribution is 5.83. The molecule has 1 unspecified atom stereocenters. The van der Waals surface area contributed by atoms with E-state index in [1.165, 1.54) is 27.9 Å². The van der Waals surface area contributed by atoms with Crippen LogP contribution in [0.4, 0.5) is 4.79 Å². The van der Waals surface area contributed by atoms with Crippen LogP contribution in [0.2, 0.25) is 0 Å². The van der Waals surface area contributed by atoms with Crippen molar-refractivity contribution in [2.24, 2.45) is 5.41 Å². The second-order valence-electron chi connectivity index (χ2n) is 8.53. The molecule has 220 valence electrons. The second kappa shape index (κ2) is 20.1.